The number of urea groups is 1. The van der Waals surface area contributed by atoms with Crippen LogP contribution in [0.4, 0.5) is 16.3 Å². The summed E-state index contributed by atoms with van der Waals surface area (Å²) in [5, 5.41) is 5.62. The quantitative estimate of drug-likeness (QED) is 0.708. The monoisotopic (exact) mass is 415 g/mol. The Hall–Kier alpha value is -3.12. The number of pyridine rings is 1. The van der Waals surface area contributed by atoms with E-state index in [2.05, 4.69) is 46.6 Å². The van der Waals surface area contributed by atoms with E-state index in [0.29, 0.717) is 0 Å². The van der Waals surface area contributed by atoms with Crippen molar-refractivity contribution in [2.75, 3.05) is 49.1 Å². The Morgan fingerprint density at radius 1 is 0.968 bits per heavy atom. The molecule has 3 aromatic rings. The molecule has 0 spiro atoms. The summed E-state index contributed by atoms with van der Waals surface area (Å²) >= 11 is 0. The average Bonchev–Trinajstić information content (AvgIpc) is 2.86. The second-order valence-electron chi connectivity index (χ2n) is 8.32. The number of anilines is 2. The van der Waals surface area contributed by atoms with Crippen molar-refractivity contribution in [2.24, 2.45) is 0 Å². The van der Waals surface area contributed by atoms with Crippen LogP contribution in [0.5, 0.6) is 0 Å². The van der Waals surface area contributed by atoms with E-state index in [-0.39, 0.29) is 12.1 Å². The molecule has 160 valence electrons. The van der Waals surface area contributed by atoms with Crippen molar-refractivity contribution in [3.8, 4) is 0 Å². The van der Waals surface area contributed by atoms with Crippen LogP contribution in [0.2, 0.25) is 0 Å². The van der Waals surface area contributed by atoms with Gasteiger partial charge in [-0.05, 0) is 43.0 Å². The highest BCUT2D eigenvalue weighted by Crippen LogP contribution is 2.29. The lowest BCUT2D eigenvalue weighted by atomic mass is 10.0. The SMILES string of the molecule is O=C(N1CCN(c2ccccc2)CC1)N(c1nccc2ccccc12)[C@@H]1CCCNC1. The Bertz CT molecular complexity index is 1020. The van der Waals surface area contributed by atoms with Gasteiger partial charge in [-0.2, -0.15) is 0 Å². The summed E-state index contributed by atoms with van der Waals surface area (Å²) in [5.74, 6) is 0.780. The molecule has 2 amide bonds. The van der Waals surface area contributed by atoms with E-state index < -0.39 is 0 Å². The molecule has 6 heteroatoms. The van der Waals surface area contributed by atoms with Crippen molar-refractivity contribution >= 4 is 28.3 Å². The van der Waals surface area contributed by atoms with E-state index in [0.717, 1.165) is 68.7 Å². The summed E-state index contributed by atoms with van der Waals surface area (Å²) in [6.07, 6.45) is 3.89. The van der Waals surface area contributed by atoms with Crippen LogP contribution in [0.3, 0.4) is 0 Å². The molecule has 0 radical (unpaired) electrons. The van der Waals surface area contributed by atoms with Crippen molar-refractivity contribution in [1.29, 1.82) is 0 Å². The highest BCUT2D eigenvalue weighted by Gasteiger charge is 2.33. The van der Waals surface area contributed by atoms with Gasteiger partial charge in [-0.3, -0.25) is 4.90 Å². The molecule has 2 aromatic carbocycles. The molecule has 1 aromatic heterocycles. The third-order valence-electron chi connectivity index (χ3n) is 6.39. The van der Waals surface area contributed by atoms with Gasteiger partial charge in [0.15, 0.2) is 0 Å². The molecule has 1 atom stereocenters. The zero-order chi connectivity index (χ0) is 21.0. The van der Waals surface area contributed by atoms with Gasteiger partial charge in [0.05, 0.1) is 6.04 Å². The van der Waals surface area contributed by atoms with Crippen LogP contribution >= 0.6 is 0 Å². The smallest absolute Gasteiger partial charge is 0.326 e. The topological polar surface area (TPSA) is 51.7 Å². The van der Waals surface area contributed by atoms with Gasteiger partial charge >= 0.3 is 6.03 Å². The lowest BCUT2D eigenvalue weighted by Gasteiger charge is -2.41. The molecule has 0 bridgehead atoms. The molecule has 5 rings (SSSR count). The Balaban J connectivity index is 1.41. The fourth-order valence-corrected chi connectivity index (χ4v) is 4.72. The zero-order valence-electron chi connectivity index (χ0n) is 17.8. The minimum atomic E-state index is 0.0743. The van der Waals surface area contributed by atoms with E-state index in [1.165, 1.54) is 5.69 Å². The lowest BCUT2D eigenvalue weighted by molar-refractivity contribution is 0.196. The first-order valence-electron chi connectivity index (χ1n) is 11.2. The maximum absolute atomic E-state index is 13.9. The number of para-hydroxylation sites is 1. The summed E-state index contributed by atoms with van der Waals surface area (Å²) in [5.41, 5.74) is 1.22. The largest absolute Gasteiger partial charge is 0.368 e. The van der Waals surface area contributed by atoms with Gasteiger partial charge in [0.2, 0.25) is 0 Å². The van der Waals surface area contributed by atoms with Gasteiger partial charge in [-0.25, -0.2) is 9.78 Å². The van der Waals surface area contributed by atoms with Crippen LogP contribution < -0.4 is 15.1 Å². The number of carbonyl (C=O) groups excluding carboxylic acids is 1. The van der Waals surface area contributed by atoms with Crippen LogP contribution in [0.25, 0.3) is 10.8 Å². The minimum Gasteiger partial charge on any atom is -0.368 e. The third-order valence-corrected chi connectivity index (χ3v) is 6.39. The first-order valence-corrected chi connectivity index (χ1v) is 11.2. The molecular weight excluding hydrogens is 386 g/mol. The number of rotatable bonds is 3. The molecule has 2 aliphatic heterocycles. The Labute approximate surface area is 183 Å². The molecule has 6 nitrogen and oxygen atoms in total. The van der Waals surface area contributed by atoms with Gasteiger partial charge in [0, 0.05) is 50.0 Å². The molecular formula is C25H29N5O. The van der Waals surface area contributed by atoms with Crippen molar-refractivity contribution in [3.63, 3.8) is 0 Å². The van der Waals surface area contributed by atoms with Gasteiger partial charge in [0.25, 0.3) is 0 Å². The molecule has 1 N–H and O–H groups in total. The zero-order valence-corrected chi connectivity index (χ0v) is 17.8. The molecule has 0 aliphatic carbocycles. The molecule has 2 aliphatic rings. The highest BCUT2D eigenvalue weighted by molar-refractivity contribution is 6.01. The average molecular weight is 416 g/mol. The van der Waals surface area contributed by atoms with Gasteiger partial charge in [0.1, 0.15) is 5.82 Å². The van der Waals surface area contributed by atoms with Crippen LogP contribution in [-0.2, 0) is 0 Å². The number of carbonyl (C=O) groups is 1. The predicted molar refractivity (Wildman–Crippen MR) is 126 cm³/mol. The molecule has 0 saturated carbocycles. The van der Waals surface area contributed by atoms with Gasteiger partial charge < -0.3 is 15.1 Å². The first kappa shape index (κ1) is 19.8. The van der Waals surface area contributed by atoms with Crippen LogP contribution in [-0.4, -0.2) is 61.2 Å². The standard InChI is InChI=1S/C25H29N5O/c31-25(29-17-15-28(16-18-29)21-8-2-1-3-9-21)30(22-10-6-13-26-19-22)24-23-11-5-4-7-20(23)12-14-27-24/h1-5,7-9,11-12,14,22,26H,6,10,13,15-19H2/t22-/m1/s1. The van der Waals surface area contributed by atoms with Gasteiger partial charge in [-0.15, -0.1) is 0 Å². The number of hydrogen-bond acceptors (Lipinski definition) is 4. The first-order chi connectivity index (χ1) is 15.3. The Kier molecular flexibility index (Phi) is 5.71. The summed E-state index contributed by atoms with van der Waals surface area (Å²) in [7, 11) is 0. The third kappa shape index (κ3) is 4.08. The van der Waals surface area contributed by atoms with E-state index in [9.17, 15) is 4.79 Å². The molecule has 2 saturated heterocycles. The summed E-state index contributed by atoms with van der Waals surface area (Å²) in [6, 6.07) is 20.9. The normalized spacial score (nSPS) is 19.4. The number of benzene rings is 2. The van der Waals surface area contributed by atoms with Crippen molar-refractivity contribution < 1.29 is 4.79 Å². The number of piperidine rings is 1. The highest BCUT2D eigenvalue weighted by atomic mass is 16.2. The lowest BCUT2D eigenvalue weighted by Crippen LogP contribution is -2.57. The van der Waals surface area contributed by atoms with Crippen LogP contribution in [0.1, 0.15) is 12.8 Å². The summed E-state index contributed by atoms with van der Waals surface area (Å²) in [6.45, 7) is 4.94. The van der Waals surface area contributed by atoms with E-state index in [1.807, 2.05) is 40.3 Å². The molecule has 0 unspecified atom stereocenters. The van der Waals surface area contributed by atoms with Crippen LogP contribution in [0, 0.1) is 0 Å². The van der Waals surface area contributed by atoms with Crippen molar-refractivity contribution in [1.82, 2.24) is 15.2 Å². The van der Waals surface area contributed by atoms with E-state index in [1.54, 1.807) is 0 Å². The van der Waals surface area contributed by atoms with Crippen molar-refractivity contribution in [2.45, 2.75) is 18.9 Å². The van der Waals surface area contributed by atoms with Crippen LogP contribution in [0.15, 0.2) is 66.9 Å². The number of hydrogen-bond donors (Lipinski definition) is 1. The number of fused-ring (bicyclic) bond motifs is 1. The number of piperazine rings is 1. The minimum absolute atomic E-state index is 0.0743. The Morgan fingerprint density at radius 3 is 2.52 bits per heavy atom. The molecule has 2 fully saturated rings. The number of nitrogens with one attached hydrogen (secondary N) is 1. The summed E-state index contributed by atoms with van der Waals surface area (Å²) < 4.78 is 0. The van der Waals surface area contributed by atoms with Crippen molar-refractivity contribution in [3.05, 3.63) is 66.9 Å². The number of nitrogens with zero attached hydrogens (tertiary/aromatic N) is 4. The maximum Gasteiger partial charge on any atom is 0.326 e. The second kappa shape index (κ2) is 8.94. The fraction of sp³-hybridized carbons (Fsp3) is 0.360. The summed E-state index contributed by atoms with van der Waals surface area (Å²) in [4.78, 5) is 24.9. The number of aromatic nitrogens is 1. The maximum atomic E-state index is 13.9. The molecule has 31 heavy (non-hydrogen) atoms. The molecule has 3 heterocycles. The Morgan fingerprint density at radius 2 is 1.74 bits per heavy atom. The fourth-order valence-electron chi connectivity index (χ4n) is 4.72. The predicted octanol–water partition coefficient (Wildman–Crippen LogP) is 3.74. The van der Waals surface area contributed by atoms with E-state index in [4.69, 9.17) is 4.98 Å². The van der Waals surface area contributed by atoms with E-state index >= 15 is 0 Å². The number of amides is 2. The second-order valence-corrected chi connectivity index (χ2v) is 8.32. The van der Waals surface area contributed by atoms with Gasteiger partial charge in [-0.1, -0.05) is 42.5 Å².